The van der Waals surface area contributed by atoms with Crippen molar-refractivity contribution in [1.29, 1.82) is 0 Å². The second-order valence-corrected chi connectivity index (χ2v) is 9.66. The third-order valence-electron chi connectivity index (χ3n) is 5.90. The Kier molecular flexibility index (Phi) is 6.11. The summed E-state index contributed by atoms with van der Waals surface area (Å²) < 4.78 is 35.9. The highest BCUT2D eigenvalue weighted by molar-refractivity contribution is 7.89. The maximum absolute atomic E-state index is 13.0. The third kappa shape index (κ3) is 4.36. The zero-order chi connectivity index (χ0) is 22.0. The molecule has 0 radical (unpaired) electrons. The van der Waals surface area contributed by atoms with E-state index in [2.05, 4.69) is 9.71 Å². The van der Waals surface area contributed by atoms with E-state index in [0.29, 0.717) is 12.3 Å². The van der Waals surface area contributed by atoms with Gasteiger partial charge in [0.1, 0.15) is 10.6 Å². The molecule has 1 N–H and O–H groups in total. The molecule has 1 aliphatic rings. The van der Waals surface area contributed by atoms with Crippen molar-refractivity contribution in [2.24, 2.45) is 0 Å². The van der Waals surface area contributed by atoms with Gasteiger partial charge in [0.2, 0.25) is 10.0 Å². The van der Waals surface area contributed by atoms with Crippen LogP contribution in [0, 0.1) is 13.8 Å². The van der Waals surface area contributed by atoms with Gasteiger partial charge in [-0.2, -0.15) is 5.10 Å². The lowest BCUT2D eigenvalue weighted by molar-refractivity contribution is 0.401. The van der Waals surface area contributed by atoms with Gasteiger partial charge in [0, 0.05) is 35.8 Å². The first kappa shape index (κ1) is 21.5. The van der Waals surface area contributed by atoms with Crippen molar-refractivity contribution < 1.29 is 13.2 Å². The summed E-state index contributed by atoms with van der Waals surface area (Å²) in [5.74, 6) is 0.354. The van der Waals surface area contributed by atoms with Crippen LogP contribution in [0.4, 0.5) is 0 Å². The minimum atomic E-state index is -3.70. The first-order chi connectivity index (χ1) is 14.9. The molecule has 8 heteroatoms. The standard InChI is InChI=1S/C23H28N4O3S/c1-16-14-21(30-3)22(15-17(16)2)31(28,29)25-12-13-27-20-7-5-4-6-19(20)23(26-27)18-8-10-24-11-9-18/h8-11,14-15,25H,4-7,12-13H2,1-3H3. The number of nitrogens with one attached hydrogen (secondary N) is 1. The number of nitrogens with zero attached hydrogens (tertiary/aromatic N) is 3. The Morgan fingerprint density at radius 1 is 1.10 bits per heavy atom. The largest absolute Gasteiger partial charge is 0.495 e. The molecule has 0 bridgehead atoms. The number of ether oxygens (including phenoxy) is 1. The molecule has 0 aliphatic heterocycles. The lowest BCUT2D eigenvalue weighted by Gasteiger charge is -2.15. The van der Waals surface area contributed by atoms with Crippen LogP contribution in [0.1, 0.15) is 35.2 Å². The molecule has 0 amide bonds. The molecule has 0 atom stereocenters. The molecule has 0 spiro atoms. The van der Waals surface area contributed by atoms with Crippen molar-refractivity contribution in [3.63, 3.8) is 0 Å². The lowest BCUT2D eigenvalue weighted by atomic mass is 9.94. The summed E-state index contributed by atoms with van der Waals surface area (Å²) >= 11 is 0. The van der Waals surface area contributed by atoms with E-state index in [1.165, 1.54) is 18.4 Å². The highest BCUT2D eigenvalue weighted by Crippen LogP contribution is 2.31. The molecule has 0 unspecified atom stereocenters. The Bertz CT molecular complexity index is 1190. The summed E-state index contributed by atoms with van der Waals surface area (Å²) in [6, 6.07) is 7.36. The van der Waals surface area contributed by atoms with Crippen molar-refractivity contribution in [2.75, 3.05) is 13.7 Å². The zero-order valence-corrected chi connectivity index (χ0v) is 19.0. The van der Waals surface area contributed by atoms with E-state index in [-0.39, 0.29) is 11.4 Å². The van der Waals surface area contributed by atoms with E-state index in [1.54, 1.807) is 24.5 Å². The van der Waals surface area contributed by atoms with Crippen molar-refractivity contribution in [2.45, 2.75) is 51.0 Å². The van der Waals surface area contributed by atoms with E-state index in [4.69, 9.17) is 9.84 Å². The van der Waals surface area contributed by atoms with E-state index < -0.39 is 10.0 Å². The van der Waals surface area contributed by atoms with Gasteiger partial charge in [-0.05, 0) is 74.9 Å². The van der Waals surface area contributed by atoms with E-state index in [9.17, 15) is 8.42 Å². The van der Waals surface area contributed by atoms with Crippen molar-refractivity contribution >= 4 is 10.0 Å². The SMILES string of the molecule is COc1cc(C)c(C)cc1S(=O)(=O)NCCn1nc(-c2ccncc2)c2c1CCCC2. The molecule has 31 heavy (non-hydrogen) atoms. The Morgan fingerprint density at radius 3 is 2.55 bits per heavy atom. The molecule has 0 saturated carbocycles. The highest BCUT2D eigenvalue weighted by atomic mass is 32.2. The molecule has 2 heterocycles. The fourth-order valence-corrected chi connectivity index (χ4v) is 5.35. The van der Waals surface area contributed by atoms with Gasteiger partial charge in [-0.1, -0.05) is 0 Å². The number of fused-ring (bicyclic) bond motifs is 1. The predicted octanol–water partition coefficient (Wildman–Crippen LogP) is 3.43. The number of aromatic nitrogens is 3. The predicted molar refractivity (Wildman–Crippen MR) is 120 cm³/mol. The van der Waals surface area contributed by atoms with E-state index in [1.807, 2.05) is 30.7 Å². The van der Waals surface area contributed by atoms with Gasteiger partial charge in [-0.25, -0.2) is 13.1 Å². The Balaban J connectivity index is 1.55. The molecule has 164 valence electrons. The molecular weight excluding hydrogens is 412 g/mol. The Morgan fingerprint density at radius 2 is 1.81 bits per heavy atom. The van der Waals surface area contributed by atoms with Gasteiger partial charge in [-0.3, -0.25) is 9.67 Å². The van der Waals surface area contributed by atoms with Crippen LogP contribution in [-0.4, -0.2) is 36.8 Å². The quantitative estimate of drug-likeness (QED) is 0.608. The van der Waals surface area contributed by atoms with Crippen LogP contribution in [0.15, 0.2) is 41.6 Å². The van der Waals surface area contributed by atoms with Crippen LogP contribution < -0.4 is 9.46 Å². The van der Waals surface area contributed by atoms with Gasteiger partial charge in [0.15, 0.2) is 0 Å². The number of hydrogen-bond acceptors (Lipinski definition) is 5. The highest BCUT2D eigenvalue weighted by Gasteiger charge is 2.23. The van der Waals surface area contributed by atoms with Crippen LogP contribution >= 0.6 is 0 Å². The van der Waals surface area contributed by atoms with Crippen LogP contribution in [0.3, 0.4) is 0 Å². The van der Waals surface area contributed by atoms with E-state index in [0.717, 1.165) is 48.1 Å². The molecule has 7 nitrogen and oxygen atoms in total. The molecule has 1 aliphatic carbocycles. The van der Waals surface area contributed by atoms with Crippen LogP contribution in [-0.2, 0) is 29.4 Å². The average molecular weight is 441 g/mol. The smallest absolute Gasteiger partial charge is 0.244 e. The van der Waals surface area contributed by atoms with Crippen LogP contribution in [0.25, 0.3) is 11.3 Å². The number of rotatable bonds is 7. The van der Waals surface area contributed by atoms with Gasteiger partial charge >= 0.3 is 0 Å². The molecule has 0 fully saturated rings. The second kappa shape index (κ2) is 8.80. The molecule has 1 aromatic carbocycles. The normalized spacial score (nSPS) is 13.8. The fraction of sp³-hybridized carbons (Fsp3) is 0.391. The monoisotopic (exact) mass is 440 g/mol. The molecule has 3 aromatic rings. The first-order valence-electron chi connectivity index (χ1n) is 10.5. The second-order valence-electron chi connectivity index (χ2n) is 7.93. The molecule has 0 saturated heterocycles. The topological polar surface area (TPSA) is 86.1 Å². The van der Waals surface area contributed by atoms with Gasteiger partial charge in [0.25, 0.3) is 0 Å². The zero-order valence-electron chi connectivity index (χ0n) is 18.2. The summed E-state index contributed by atoms with van der Waals surface area (Å²) in [6.45, 7) is 4.55. The van der Waals surface area contributed by atoms with Crippen molar-refractivity contribution in [1.82, 2.24) is 19.5 Å². The number of sulfonamides is 1. The number of pyridine rings is 1. The summed E-state index contributed by atoms with van der Waals surface area (Å²) in [5.41, 5.74) is 6.41. The summed E-state index contributed by atoms with van der Waals surface area (Å²) in [7, 11) is -2.22. The minimum absolute atomic E-state index is 0.165. The van der Waals surface area contributed by atoms with Crippen LogP contribution in [0.2, 0.25) is 0 Å². The first-order valence-corrected chi connectivity index (χ1v) is 12.0. The van der Waals surface area contributed by atoms with Crippen molar-refractivity contribution in [3.05, 3.63) is 59.0 Å². The summed E-state index contributed by atoms with van der Waals surface area (Å²) in [4.78, 5) is 4.26. The number of hydrogen-bond donors (Lipinski definition) is 1. The maximum atomic E-state index is 13.0. The number of aryl methyl sites for hydroxylation is 2. The molecular formula is C23H28N4O3S. The van der Waals surface area contributed by atoms with Crippen LogP contribution in [0.5, 0.6) is 5.75 Å². The van der Waals surface area contributed by atoms with Crippen molar-refractivity contribution in [3.8, 4) is 17.0 Å². The molecule has 2 aromatic heterocycles. The summed E-state index contributed by atoms with van der Waals surface area (Å²) in [6.07, 6.45) is 7.78. The van der Waals surface area contributed by atoms with Gasteiger partial charge < -0.3 is 4.74 Å². The molecule has 4 rings (SSSR count). The fourth-order valence-electron chi connectivity index (χ4n) is 4.09. The maximum Gasteiger partial charge on any atom is 0.244 e. The minimum Gasteiger partial charge on any atom is -0.495 e. The lowest BCUT2D eigenvalue weighted by Crippen LogP contribution is -2.28. The Labute approximate surface area is 183 Å². The van der Waals surface area contributed by atoms with Gasteiger partial charge in [-0.15, -0.1) is 0 Å². The average Bonchev–Trinajstić information content (AvgIpc) is 3.14. The third-order valence-corrected chi connectivity index (χ3v) is 7.38. The summed E-state index contributed by atoms with van der Waals surface area (Å²) in [5, 5.41) is 4.84. The number of methoxy groups -OCH3 is 1. The number of benzene rings is 1. The Hall–Kier alpha value is -2.71. The van der Waals surface area contributed by atoms with Gasteiger partial charge in [0.05, 0.1) is 19.3 Å². The van der Waals surface area contributed by atoms with E-state index >= 15 is 0 Å².